The molecule has 2 aliphatic rings. The van der Waals surface area contributed by atoms with Gasteiger partial charge < -0.3 is 53.6 Å². The molecule has 5 heterocycles. The van der Waals surface area contributed by atoms with Crippen LogP contribution < -0.4 is 14.7 Å². The Morgan fingerprint density at radius 3 is 1.39 bits per heavy atom. The molecule has 16 heteroatoms. The second-order valence-corrected chi connectivity index (χ2v) is 14.4. The third-order valence-electron chi connectivity index (χ3n) is 10.5. The maximum atomic E-state index is 12.5. The van der Waals surface area contributed by atoms with Gasteiger partial charge in [0.05, 0.1) is 56.3 Å². The van der Waals surface area contributed by atoms with E-state index in [1.165, 1.54) is 6.92 Å². The number of nitrogens with zero attached hydrogens (tertiary/aromatic N) is 8. The van der Waals surface area contributed by atoms with E-state index < -0.39 is 17.4 Å². The number of hydrogen-bond donors (Lipinski definition) is 0. The Bertz CT molecular complexity index is 2960. The SMILES string of the molecule is CCOC(=O)C(C)(CCOCCOCCOc1ccc2c(c1)-c1nc-2nc2[n-]c(nc3nc(nc4[n-]c(n1)c1ccccc41)-c1ccccc1-3)c1ccccc21)C(=O)OCC.[Zn+2]. The van der Waals surface area contributed by atoms with Gasteiger partial charge in [-0.15, -0.1) is 0 Å². The molecule has 9 rings (SSSR count). The van der Waals surface area contributed by atoms with E-state index in [9.17, 15) is 9.59 Å². The van der Waals surface area contributed by atoms with Gasteiger partial charge in [0.15, 0.2) is 5.41 Å². The zero-order valence-corrected chi connectivity index (χ0v) is 37.4. The van der Waals surface area contributed by atoms with Crippen molar-refractivity contribution in [2.75, 3.05) is 46.2 Å². The molecule has 0 saturated heterocycles. The summed E-state index contributed by atoms with van der Waals surface area (Å²) >= 11 is 0. The van der Waals surface area contributed by atoms with E-state index in [1.54, 1.807) is 13.8 Å². The Balaban J connectivity index is 0.00000529. The van der Waals surface area contributed by atoms with Crippen molar-refractivity contribution in [1.29, 1.82) is 0 Å². The number of aromatic nitrogens is 8. The first kappa shape index (κ1) is 42.2. The number of ether oxygens (including phenoxy) is 5. The van der Waals surface area contributed by atoms with Crippen LogP contribution in [-0.2, 0) is 48.0 Å². The molecule has 0 atom stereocenters. The van der Waals surface area contributed by atoms with Crippen LogP contribution in [0.2, 0.25) is 0 Å². The van der Waals surface area contributed by atoms with E-state index in [4.69, 9.17) is 63.6 Å². The van der Waals surface area contributed by atoms with E-state index in [1.807, 2.05) is 91.0 Å². The monoisotopic (exact) mass is 880 g/mol. The van der Waals surface area contributed by atoms with Crippen LogP contribution in [0.15, 0.2) is 91.0 Å². The Morgan fingerprint density at radius 1 is 0.516 bits per heavy atom. The summed E-state index contributed by atoms with van der Waals surface area (Å²) in [5.41, 5.74) is 3.63. The van der Waals surface area contributed by atoms with Crippen molar-refractivity contribution >= 4 is 56.1 Å². The third-order valence-corrected chi connectivity index (χ3v) is 10.5. The molecular formula is C46H40N8O7Zn. The van der Waals surface area contributed by atoms with Crippen LogP contribution in [0.5, 0.6) is 5.75 Å². The van der Waals surface area contributed by atoms with Gasteiger partial charge in [-0.1, -0.05) is 72.8 Å². The summed E-state index contributed by atoms with van der Waals surface area (Å²) in [5.74, 6) is 1.18. The van der Waals surface area contributed by atoms with E-state index in [0.29, 0.717) is 57.2 Å². The van der Waals surface area contributed by atoms with Gasteiger partial charge in [0.25, 0.3) is 0 Å². The zero-order chi connectivity index (χ0) is 41.9. The molecule has 0 fully saturated rings. The molecule has 308 valence electrons. The largest absolute Gasteiger partial charge is 2.00 e. The molecule has 7 aromatic rings. The van der Waals surface area contributed by atoms with Crippen LogP contribution >= 0.6 is 0 Å². The molecule has 15 nitrogen and oxygen atoms in total. The topological polar surface area (TPSA) is 186 Å². The number of fused-ring (bicyclic) bond motifs is 20. The molecule has 0 amide bonds. The van der Waals surface area contributed by atoms with Crippen molar-refractivity contribution in [2.45, 2.75) is 27.2 Å². The first-order chi connectivity index (χ1) is 29.8. The number of hydrogen-bond acceptors (Lipinski definition) is 13. The molecule has 8 bridgehead atoms. The molecule has 0 aliphatic carbocycles. The minimum Gasteiger partial charge on any atom is -0.491 e. The molecule has 0 unspecified atom stereocenters. The van der Waals surface area contributed by atoms with E-state index in [0.717, 1.165) is 38.2 Å². The first-order valence-electron chi connectivity index (χ1n) is 20.1. The Hall–Kier alpha value is -6.48. The smallest absolute Gasteiger partial charge is 0.491 e. The van der Waals surface area contributed by atoms with Crippen molar-refractivity contribution < 1.29 is 52.8 Å². The quantitative estimate of drug-likeness (QED) is 0.0467. The van der Waals surface area contributed by atoms with Crippen LogP contribution in [0.1, 0.15) is 27.2 Å². The average Bonchev–Trinajstić information content (AvgIpc) is 4.01. The minimum atomic E-state index is -1.45. The maximum Gasteiger partial charge on any atom is 2.00 e. The number of rotatable bonds is 14. The summed E-state index contributed by atoms with van der Waals surface area (Å²) in [6, 6.07) is 29.2. The number of carbonyl (C=O) groups excluding carboxylic acids is 2. The van der Waals surface area contributed by atoms with Crippen molar-refractivity contribution in [1.82, 2.24) is 39.9 Å². The fraction of sp³-hybridized carbons (Fsp3) is 0.261. The van der Waals surface area contributed by atoms with Crippen LogP contribution in [0.3, 0.4) is 0 Å². The summed E-state index contributed by atoms with van der Waals surface area (Å²) in [7, 11) is 0. The summed E-state index contributed by atoms with van der Waals surface area (Å²) in [4.78, 5) is 64.8. The minimum absolute atomic E-state index is 0. The van der Waals surface area contributed by atoms with E-state index in [-0.39, 0.29) is 72.1 Å². The van der Waals surface area contributed by atoms with Gasteiger partial charge in [0.1, 0.15) is 12.4 Å². The molecule has 0 N–H and O–H groups in total. The van der Waals surface area contributed by atoms with Crippen LogP contribution in [0.25, 0.3) is 89.7 Å². The summed E-state index contributed by atoms with van der Waals surface area (Å²) in [5, 5.41) is 3.30. The molecule has 0 radical (unpaired) electrons. The van der Waals surface area contributed by atoms with Gasteiger partial charge in [0, 0.05) is 51.4 Å². The average molecular weight is 882 g/mol. The fourth-order valence-electron chi connectivity index (χ4n) is 7.26. The Labute approximate surface area is 368 Å². The summed E-state index contributed by atoms with van der Waals surface area (Å²) < 4.78 is 27.8. The van der Waals surface area contributed by atoms with Crippen molar-refractivity contribution in [3.63, 3.8) is 0 Å². The van der Waals surface area contributed by atoms with Crippen LogP contribution in [0, 0.1) is 5.41 Å². The van der Waals surface area contributed by atoms with Crippen molar-refractivity contribution in [3.05, 3.63) is 91.0 Å². The predicted octanol–water partition coefficient (Wildman–Crippen LogP) is 7.06. The van der Waals surface area contributed by atoms with E-state index >= 15 is 0 Å². The standard InChI is InChI=1S/C46H40N8O7.Zn/c1-4-59-44(55)46(3,45(56)60-5-2)20-21-57-22-23-58-24-25-61-27-18-19-34-35(26-27)43-53-41-33-17-11-10-16-32(33)39(51-41)49-37-29-13-7-6-12-28(29)36(47-37)48-38-30-14-8-9-15-31(30)40(50-38)52-42(34)54-43;/h6-19,26H,4-5,20-25H2,1-3H3;/q-2;+2. The molecule has 62 heavy (non-hydrogen) atoms. The van der Waals surface area contributed by atoms with Gasteiger partial charge in [-0.25, -0.2) is 9.97 Å². The molecule has 0 spiro atoms. The Morgan fingerprint density at radius 2 is 0.919 bits per heavy atom. The molecule has 2 aliphatic heterocycles. The van der Waals surface area contributed by atoms with Gasteiger partial charge in [-0.2, -0.15) is 0 Å². The third kappa shape index (κ3) is 8.16. The molecular weight excluding hydrogens is 842 g/mol. The van der Waals surface area contributed by atoms with Gasteiger partial charge in [0.2, 0.25) is 0 Å². The van der Waals surface area contributed by atoms with Crippen molar-refractivity contribution in [2.24, 2.45) is 5.41 Å². The first-order valence-corrected chi connectivity index (χ1v) is 20.1. The second kappa shape index (κ2) is 18.2. The van der Waals surface area contributed by atoms with Crippen LogP contribution in [-0.4, -0.2) is 88.1 Å². The number of carbonyl (C=O) groups is 2. The normalized spacial score (nSPS) is 11.8. The van der Waals surface area contributed by atoms with E-state index in [2.05, 4.69) is 0 Å². The zero-order valence-electron chi connectivity index (χ0n) is 34.5. The molecule has 4 aromatic carbocycles. The number of benzene rings is 4. The van der Waals surface area contributed by atoms with Gasteiger partial charge in [-0.05, 0) is 66.9 Å². The van der Waals surface area contributed by atoms with Crippen LogP contribution in [0.4, 0.5) is 0 Å². The maximum absolute atomic E-state index is 12.5. The second-order valence-electron chi connectivity index (χ2n) is 14.4. The van der Waals surface area contributed by atoms with Gasteiger partial charge >= 0.3 is 31.4 Å². The molecule has 3 aromatic heterocycles. The molecule has 0 saturated carbocycles. The fourth-order valence-corrected chi connectivity index (χ4v) is 7.26. The van der Waals surface area contributed by atoms with Crippen molar-refractivity contribution in [3.8, 4) is 51.3 Å². The number of esters is 2. The van der Waals surface area contributed by atoms with Gasteiger partial charge in [-0.3, -0.25) is 9.59 Å². The summed E-state index contributed by atoms with van der Waals surface area (Å²) in [6.45, 7) is 6.44. The Kier molecular flexibility index (Phi) is 12.4. The summed E-state index contributed by atoms with van der Waals surface area (Å²) in [6.07, 6.45) is 0.117. The predicted molar refractivity (Wildman–Crippen MR) is 227 cm³/mol.